The van der Waals surface area contributed by atoms with Gasteiger partial charge in [0.1, 0.15) is 5.75 Å². The minimum Gasteiger partial charge on any atom is -0.478 e. The van der Waals surface area contributed by atoms with Crippen molar-refractivity contribution >= 4 is 28.9 Å². The van der Waals surface area contributed by atoms with Gasteiger partial charge in [-0.1, -0.05) is 11.6 Å². The zero-order valence-corrected chi connectivity index (χ0v) is 14.6. The molecule has 5 nitrogen and oxygen atoms in total. The molecular formula is C18H13ClN2O3S. The number of thiophene rings is 1. The topological polar surface area (TPSA) is 72.3 Å². The predicted molar refractivity (Wildman–Crippen MR) is 95.9 cm³/mol. The fraction of sp³-hybridized carbons (Fsp3) is 0.167. The van der Waals surface area contributed by atoms with Crippen molar-refractivity contribution < 1.29 is 14.6 Å². The molecule has 1 aliphatic rings. The highest BCUT2D eigenvalue weighted by molar-refractivity contribution is 7.19. The second-order valence-corrected chi connectivity index (χ2v) is 7.38. The van der Waals surface area contributed by atoms with E-state index < -0.39 is 5.97 Å². The van der Waals surface area contributed by atoms with E-state index >= 15 is 0 Å². The number of rotatable bonds is 4. The van der Waals surface area contributed by atoms with Crippen LogP contribution in [0.2, 0.25) is 4.34 Å². The van der Waals surface area contributed by atoms with E-state index in [9.17, 15) is 4.79 Å². The third kappa shape index (κ3) is 3.23. The first kappa shape index (κ1) is 16.1. The molecule has 0 amide bonds. The molecule has 4 rings (SSSR count). The van der Waals surface area contributed by atoms with E-state index in [1.54, 1.807) is 12.1 Å². The number of aromatic carboxylic acids is 1. The van der Waals surface area contributed by atoms with Crippen LogP contribution in [0.25, 0.3) is 10.7 Å². The van der Waals surface area contributed by atoms with Gasteiger partial charge in [0, 0.05) is 5.56 Å². The number of hydrogen-bond acceptors (Lipinski definition) is 5. The fourth-order valence-electron chi connectivity index (χ4n) is 2.80. The Kier molecular flexibility index (Phi) is 4.15. The molecule has 0 unspecified atom stereocenters. The van der Waals surface area contributed by atoms with Gasteiger partial charge in [-0.25, -0.2) is 9.78 Å². The highest BCUT2D eigenvalue weighted by Gasteiger charge is 2.22. The first-order valence-electron chi connectivity index (χ1n) is 7.77. The number of benzene rings is 1. The van der Waals surface area contributed by atoms with Crippen molar-refractivity contribution in [2.45, 2.75) is 19.3 Å². The third-order valence-electron chi connectivity index (χ3n) is 4.00. The number of carboxylic acids is 1. The molecule has 1 aromatic carbocycles. The summed E-state index contributed by atoms with van der Waals surface area (Å²) in [6, 6.07) is 10.0. The molecule has 1 N–H and O–H groups in total. The Balaban J connectivity index is 1.71. The zero-order valence-electron chi connectivity index (χ0n) is 13.0. The maximum atomic E-state index is 11.0. The summed E-state index contributed by atoms with van der Waals surface area (Å²) < 4.78 is 6.64. The molecule has 0 aliphatic heterocycles. The van der Waals surface area contributed by atoms with Crippen LogP contribution < -0.4 is 4.74 Å². The first-order chi connectivity index (χ1) is 12.1. The Morgan fingerprint density at radius 2 is 1.92 bits per heavy atom. The lowest BCUT2D eigenvalue weighted by Crippen LogP contribution is -2.01. The number of hydrogen-bond donors (Lipinski definition) is 1. The van der Waals surface area contributed by atoms with Crippen molar-refractivity contribution in [1.29, 1.82) is 0 Å². The van der Waals surface area contributed by atoms with Crippen LogP contribution in [0.15, 0.2) is 36.4 Å². The van der Waals surface area contributed by atoms with Gasteiger partial charge >= 0.3 is 5.97 Å². The summed E-state index contributed by atoms with van der Waals surface area (Å²) in [5, 5.41) is 8.99. The average Bonchev–Trinajstić information content (AvgIpc) is 3.24. The minimum atomic E-state index is -0.966. The fourth-order valence-corrected chi connectivity index (χ4v) is 3.78. The van der Waals surface area contributed by atoms with Crippen molar-refractivity contribution in [2.75, 3.05) is 0 Å². The van der Waals surface area contributed by atoms with Crippen molar-refractivity contribution in [3.63, 3.8) is 0 Å². The molecule has 0 bridgehead atoms. The number of aryl methyl sites for hydroxylation is 1. The molecule has 3 aromatic rings. The summed E-state index contributed by atoms with van der Waals surface area (Å²) in [6.45, 7) is 0. The number of ether oxygens (including phenoxy) is 1. The second kappa shape index (κ2) is 6.46. The third-order valence-corrected chi connectivity index (χ3v) is 5.23. The number of fused-ring (bicyclic) bond motifs is 1. The lowest BCUT2D eigenvalue weighted by Gasteiger charge is -2.11. The molecule has 0 radical (unpaired) electrons. The maximum absolute atomic E-state index is 11.0. The molecule has 0 atom stereocenters. The molecule has 7 heteroatoms. The van der Waals surface area contributed by atoms with E-state index in [0.29, 0.717) is 21.8 Å². The molecule has 0 fully saturated rings. The molecule has 0 spiro atoms. The van der Waals surface area contributed by atoms with Gasteiger partial charge in [0.05, 0.1) is 20.5 Å². The summed E-state index contributed by atoms with van der Waals surface area (Å²) in [6.07, 6.45) is 2.80. The molecule has 126 valence electrons. The van der Waals surface area contributed by atoms with Gasteiger partial charge in [0.25, 0.3) is 0 Å². The van der Waals surface area contributed by atoms with Gasteiger partial charge < -0.3 is 9.84 Å². The summed E-state index contributed by atoms with van der Waals surface area (Å²) in [7, 11) is 0. The molecule has 0 saturated carbocycles. The summed E-state index contributed by atoms with van der Waals surface area (Å²) in [4.78, 5) is 21.1. The molecular weight excluding hydrogens is 360 g/mol. The van der Waals surface area contributed by atoms with Gasteiger partial charge in [-0.2, -0.15) is 4.98 Å². The van der Waals surface area contributed by atoms with Gasteiger partial charge in [-0.15, -0.1) is 11.3 Å². The Labute approximate surface area is 152 Å². The largest absolute Gasteiger partial charge is 0.478 e. The number of carboxylic acid groups (broad SMARTS) is 1. The van der Waals surface area contributed by atoms with E-state index in [1.165, 1.54) is 23.5 Å². The lowest BCUT2D eigenvalue weighted by molar-refractivity contribution is 0.0697. The Morgan fingerprint density at radius 1 is 1.12 bits per heavy atom. The van der Waals surface area contributed by atoms with Crippen LogP contribution in [0.4, 0.5) is 0 Å². The number of aromatic nitrogens is 2. The average molecular weight is 373 g/mol. The van der Waals surface area contributed by atoms with Gasteiger partial charge in [-0.3, -0.25) is 0 Å². The number of halogens is 1. The molecule has 0 saturated heterocycles. The van der Waals surface area contributed by atoms with Crippen molar-refractivity contribution in [1.82, 2.24) is 9.97 Å². The number of carbonyl (C=O) groups is 1. The molecule has 2 aromatic heterocycles. The SMILES string of the molecule is O=C(O)c1ccc(Oc2nc(-c3ccc(Cl)s3)nc3c2CCC3)cc1. The van der Waals surface area contributed by atoms with E-state index in [4.69, 9.17) is 21.4 Å². The normalized spacial score (nSPS) is 12.8. The van der Waals surface area contributed by atoms with Gasteiger partial charge in [0.2, 0.25) is 5.88 Å². The first-order valence-corrected chi connectivity index (χ1v) is 8.96. The van der Waals surface area contributed by atoms with Gasteiger partial charge in [-0.05, 0) is 55.7 Å². The summed E-state index contributed by atoms with van der Waals surface area (Å²) in [5.74, 6) is 0.721. The highest BCUT2D eigenvalue weighted by atomic mass is 35.5. The molecule has 25 heavy (non-hydrogen) atoms. The van der Waals surface area contributed by atoms with Crippen LogP contribution in [0.3, 0.4) is 0 Å². The van der Waals surface area contributed by atoms with Crippen LogP contribution in [0, 0.1) is 0 Å². The van der Waals surface area contributed by atoms with E-state index in [2.05, 4.69) is 9.97 Å². The minimum absolute atomic E-state index is 0.217. The summed E-state index contributed by atoms with van der Waals surface area (Å²) >= 11 is 7.45. The Morgan fingerprint density at radius 3 is 2.60 bits per heavy atom. The van der Waals surface area contributed by atoms with E-state index in [0.717, 1.165) is 35.4 Å². The molecule has 1 aliphatic carbocycles. The van der Waals surface area contributed by atoms with Crippen molar-refractivity contribution in [3.8, 4) is 22.3 Å². The van der Waals surface area contributed by atoms with Crippen LogP contribution in [0.1, 0.15) is 28.0 Å². The smallest absolute Gasteiger partial charge is 0.335 e. The second-order valence-electron chi connectivity index (χ2n) is 5.67. The van der Waals surface area contributed by atoms with Gasteiger partial charge in [0.15, 0.2) is 5.82 Å². The Bertz CT molecular complexity index is 953. The number of nitrogens with zero attached hydrogens (tertiary/aromatic N) is 2. The monoisotopic (exact) mass is 372 g/mol. The van der Waals surface area contributed by atoms with Crippen LogP contribution in [0.5, 0.6) is 11.6 Å². The highest BCUT2D eigenvalue weighted by Crippen LogP contribution is 2.35. The van der Waals surface area contributed by atoms with E-state index in [1.807, 2.05) is 12.1 Å². The standard InChI is InChI=1S/C18H13ClN2O3S/c19-15-9-8-14(25-15)16-20-13-3-1-2-12(13)17(21-16)24-11-6-4-10(5-7-11)18(22)23/h4-9H,1-3H2,(H,22,23). The quantitative estimate of drug-likeness (QED) is 0.709. The molecule has 2 heterocycles. The van der Waals surface area contributed by atoms with Crippen molar-refractivity contribution in [3.05, 3.63) is 57.6 Å². The maximum Gasteiger partial charge on any atom is 0.335 e. The van der Waals surface area contributed by atoms with E-state index in [-0.39, 0.29) is 5.56 Å². The van der Waals surface area contributed by atoms with Crippen molar-refractivity contribution in [2.24, 2.45) is 0 Å². The van der Waals surface area contributed by atoms with Crippen LogP contribution in [-0.2, 0) is 12.8 Å². The zero-order chi connectivity index (χ0) is 17.4. The Hall–Kier alpha value is -2.44. The lowest BCUT2D eigenvalue weighted by atomic mass is 10.2. The summed E-state index contributed by atoms with van der Waals surface area (Å²) in [5.41, 5.74) is 2.24. The predicted octanol–water partition coefficient (Wildman–Crippen LogP) is 4.84. The van der Waals surface area contributed by atoms with Crippen LogP contribution >= 0.6 is 22.9 Å². The van der Waals surface area contributed by atoms with Crippen LogP contribution in [-0.4, -0.2) is 21.0 Å².